The van der Waals surface area contributed by atoms with E-state index in [1.807, 2.05) is 30.3 Å². The molecule has 2 rings (SSSR count). The number of carbonyl (C=O) groups is 1. The lowest BCUT2D eigenvalue weighted by molar-refractivity contribution is -0.120. The minimum absolute atomic E-state index is 0.0269. The van der Waals surface area contributed by atoms with Gasteiger partial charge in [-0.1, -0.05) is 41.9 Å². The number of ether oxygens (including phenoxy) is 1. The van der Waals surface area contributed by atoms with Gasteiger partial charge in [0.05, 0.1) is 6.20 Å². The monoisotopic (exact) mass is 353 g/mol. The fourth-order valence-electron chi connectivity index (χ4n) is 2.11. The SMILES string of the molecule is COCCCC(=O)[C@@H](Nc1nc(Cl)ncc1Cl)c1ccccc1. The van der Waals surface area contributed by atoms with Crippen LogP contribution in [-0.2, 0) is 9.53 Å². The van der Waals surface area contributed by atoms with E-state index < -0.39 is 6.04 Å². The quantitative estimate of drug-likeness (QED) is 0.575. The lowest BCUT2D eigenvalue weighted by atomic mass is 9.99. The average Bonchev–Trinajstić information content (AvgIpc) is 2.56. The molecule has 1 aromatic carbocycles. The molecule has 0 bridgehead atoms. The van der Waals surface area contributed by atoms with Gasteiger partial charge in [0.2, 0.25) is 5.28 Å². The molecule has 1 atom stereocenters. The molecule has 0 saturated heterocycles. The van der Waals surface area contributed by atoms with E-state index >= 15 is 0 Å². The maximum absolute atomic E-state index is 12.6. The van der Waals surface area contributed by atoms with E-state index in [1.165, 1.54) is 6.20 Å². The maximum Gasteiger partial charge on any atom is 0.224 e. The fraction of sp³-hybridized carbons (Fsp3) is 0.312. The van der Waals surface area contributed by atoms with Gasteiger partial charge in [-0.2, -0.15) is 4.98 Å². The summed E-state index contributed by atoms with van der Waals surface area (Å²) in [6.45, 7) is 0.535. The molecule has 1 aromatic heterocycles. The van der Waals surface area contributed by atoms with Crippen molar-refractivity contribution in [1.29, 1.82) is 0 Å². The Kier molecular flexibility index (Phi) is 6.77. The topological polar surface area (TPSA) is 64.1 Å². The van der Waals surface area contributed by atoms with Gasteiger partial charge in [-0.05, 0) is 23.6 Å². The van der Waals surface area contributed by atoms with Gasteiger partial charge in [0.25, 0.3) is 0 Å². The number of benzene rings is 1. The van der Waals surface area contributed by atoms with Crippen molar-refractivity contribution in [3.8, 4) is 0 Å². The van der Waals surface area contributed by atoms with Crippen LogP contribution >= 0.6 is 23.2 Å². The van der Waals surface area contributed by atoms with Crippen LogP contribution in [0.1, 0.15) is 24.4 Å². The Morgan fingerprint density at radius 2 is 2.04 bits per heavy atom. The molecule has 0 saturated carbocycles. The van der Waals surface area contributed by atoms with Crippen molar-refractivity contribution in [2.75, 3.05) is 19.0 Å². The van der Waals surface area contributed by atoms with Gasteiger partial charge < -0.3 is 10.1 Å². The fourth-order valence-corrected chi connectivity index (χ4v) is 2.39. The van der Waals surface area contributed by atoms with Gasteiger partial charge in [0.1, 0.15) is 11.1 Å². The van der Waals surface area contributed by atoms with Crippen LogP contribution in [0.3, 0.4) is 0 Å². The van der Waals surface area contributed by atoms with E-state index in [1.54, 1.807) is 7.11 Å². The molecule has 0 spiro atoms. The van der Waals surface area contributed by atoms with Crippen molar-refractivity contribution < 1.29 is 9.53 Å². The molecule has 0 amide bonds. The molecule has 1 N–H and O–H groups in total. The first-order chi connectivity index (χ1) is 11.1. The van der Waals surface area contributed by atoms with E-state index in [9.17, 15) is 4.79 Å². The zero-order valence-corrected chi connectivity index (χ0v) is 14.1. The third-order valence-corrected chi connectivity index (χ3v) is 3.68. The van der Waals surface area contributed by atoms with Crippen molar-refractivity contribution in [2.45, 2.75) is 18.9 Å². The number of hydrogen-bond acceptors (Lipinski definition) is 5. The van der Waals surface area contributed by atoms with Crippen LogP contribution in [0, 0.1) is 0 Å². The summed E-state index contributed by atoms with van der Waals surface area (Å²) in [6, 6.07) is 8.84. The molecule has 2 aromatic rings. The average molecular weight is 354 g/mol. The van der Waals surface area contributed by atoms with Crippen LogP contribution < -0.4 is 5.32 Å². The van der Waals surface area contributed by atoms with E-state index in [2.05, 4.69) is 15.3 Å². The second kappa shape index (κ2) is 8.82. The molecule has 0 aliphatic rings. The highest BCUT2D eigenvalue weighted by Gasteiger charge is 2.21. The number of halogens is 2. The Labute approximate surface area is 145 Å². The number of rotatable bonds is 8. The van der Waals surface area contributed by atoms with Crippen LogP contribution in [0.5, 0.6) is 0 Å². The smallest absolute Gasteiger partial charge is 0.224 e. The summed E-state index contributed by atoms with van der Waals surface area (Å²) in [5.41, 5.74) is 0.834. The summed E-state index contributed by atoms with van der Waals surface area (Å²) in [5, 5.41) is 3.44. The summed E-state index contributed by atoms with van der Waals surface area (Å²) < 4.78 is 5.00. The number of ketones is 1. The standard InChI is InChI=1S/C16H17Cl2N3O2/c1-23-9-5-8-13(22)14(11-6-3-2-4-7-11)20-15-12(17)10-19-16(18)21-15/h2-4,6-7,10,14H,5,8-9H2,1H3,(H,19,20,21)/t14-/m0/s1. The molecule has 7 heteroatoms. The molecule has 122 valence electrons. The van der Waals surface area contributed by atoms with Crippen LogP contribution in [0.2, 0.25) is 10.3 Å². The molecule has 0 unspecified atom stereocenters. The maximum atomic E-state index is 12.6. The van der Waals surface area contributed by atoms with E-state index in [0.29, 0.717) is 30.3 Å². The zero-order chi connectivity index (χ0) is 16.7. The summed E-state index contributed by atoms with van der Waals surface area (Å²) in [7, 11) is 1.61. The van der Waals surface area contributed by atoms with E-state index in [-0.39, 0.29) is 11.1 Å². The predicted molar refractivity (Wildman–Crippen MR) is 91.0 cm³/mol. The number of hydrogen-bond donors (Lipinski definition) is 1. The Balaban J connectivity index is 2.23. The highest BCUT2D eigenvalue weighted by atomic mass is 35.5. The van der Waals surface area contributed by atoms with E-state index in [0.717, 1.165) is 5.56 Å². The summed E-state index contributed by atoms with van der Waals surface area (Å²) in [6.07, 6.45) is 2.44. The summed E-state index contributed by atoms with van der Waals surface area (Å²) in [5.74, 6) is 0.361. The van der Waals surface area contributed by atoms with Crippen molar-refractivity contribution in [1.82, 2.24) is 9.97 Å². The zero-order valence-electron chi connectivity index (χ0n) is 12.6. The number of nitrogens with zero attached hydrogens (tertiary/aromatic N) is 2. The Hall–Kier alpha value is -1.69. The van der Waals surface area contributed by atoms with Gasteiger partial charge >= 0.3 is 0 Å². The molecular weight excluding hydrogens is 337 g/mol. The molecule has 0 radical (unpaired) electrons. The first-order valence-corrected chi connectivity index (χ1v) is 7.88. The molecule has 1 heterocycles. The van der Waals surface area contributed by atoms with Crippen LogP contribution in [0.25, 0.3) is 0 Å². The van der Waals surface area contributed by atoms with Crippen molar-refractivity contribution in [3.05, 3.63) is 52.4 Å². The van der Waals surface area contributed by atoms with Crippen molar-refractivity contribution in [2.24, 2.45) is 0 Å². The normalized spacial score (nSPS) is 12.0. The first kappa shape index (κ1) is 17.7. The highest BCUT2D eigenvalue weighted by molar-refractivity contribution is 6.33. The van der Waals surface area contributed by atoms with Crippen LogP contribution in [0.15, 0.2) is 36.5 Å². The van der Waals surface area contributed by atoms with Crippen LogP contribution in [-0.4, -0.2) is 29.5 Å². The van der Waals surface area contributed by atoms with Crippen molar-refractivity contribution >= 4 is 34.8 Å². The minimum Gasteiger partial charge on any atom is -0.385 e. The Morgan fingerprint density at radius 1 is 1.30 bits per heavy atom. The Morgan fingerprint density at radius 3 is 2.74 bits per heavy atom. The lowest BCUT2D eigenvalue weighted by Crippen LogP contribution is -2.22. The summed E-state index contributed by atoms with van der Waals surface area (Å²) in [4.78, 5) is 20.4. The number of aromatic nitrogens is 2. The molecule has 0 aliphatic carbocycles. The van der Waals surface area contributed by atoms with Crippen LogP contribution in [0.4, 0.5) is 5.82 Å². The second-order valence-electron chi connectivity index (χ2n) is 4.89. The molecule has 5 nitrogen and oxygen atoms in total. The van der Waals surface area contributed by atoms with Gasteiger partial charge in [0, 0.05) is 20.1 Å². The third-order valence-electron chi connectivity index (χ3n) is 3.22. The molecule has 0 aliphatic heterocycles. The number of anilines is 1. The lowest BCUT2D eigenvalue weighted by Gasteiger charge is -2.19. The van der Waals surface area contributed by atoms with Crippen molar-refractivity contribution in [3.63, 3.8) is 0 Å². The molecular formula is C16H17Cl2N3O2. The van der Waals surface area contributed by atoms with E-state index in [4.69, 9.17) is 27.9 Å². The first-order valence-electron chi connectivity index (χ1n) is 7.13. The van der Waals surface area contributed by atoms with Gasteiger partial charge in [-0.25, -0.2) is 4.98 Å². The number of carbonyl (C=O) groups excluding carboxylic acids is 1. The second-order valence-corrected chi connectivity index (χ2v) is 5.63. The molecule has 0 fully saturated rings. The predicted octanol–water partition coefficient (Wildman–Crippen LogP) is 3.93. The number of nitrogens with one attached hydrogen (secondary N) is 1. The largest absolute Gasteiger partial charge is 0.385 e. The number of Topliss-reactive ketones (excluding diaryl/α,β-unsaturated/α-hetero) is 1. The van der Waals surface area contributed by atoms with Gasteiger partial charge in [-0.3, -0.25) is 4.79 Å². The highest BCUT2D eigenvalue weighted by Crippen LogP contribution is 2.26. The third kappa shape index (κ3) is 5.16. The number of methoxy groups -OCH3 is 1. The molecule has 23 heavy (non-hydrogen) atoms. The Bertz CT molecular complexity index is 653. The summed E-state index contributed by atoms with van der Waals surface area (Å²) >= 11 is 11.9. The minimum atomic E-state index is -0.559. The van der Waals surface area contributed by atoms with Gasteiger partial charge in [0.15, 0.2) is 11.6 Å². The van der Waals surface area contributed by atoms with Gasteiger partial charge in [-0.15, -0.1) is 0 Å².